The van der Waals surface area contributed by atoms with Gasteiger partial charge in [-0.05, 0) is 66.7 Å². The van der Waals surface area contributed by atoms with Crippen LogP contribution in [0.3, 0.4) is 0 Å². The number of aromatic amines is 1. The largest absolute Gasteiger partial charge is 0.459 e. The predicted octanol–water partition coefficient (Wildman–Crippen LogP) is 4.67. The van der Waals surface area contributed by atoms with Crippen molar-refractivity contribution in [1.82, 2.24) is 20.0 Å². The highest BCUT2D eigenvalue weighted by atomic mass is 32.2. The maximum Gasteiger partial charge on any atom is 0.333 e. The third-order valence-corrected chi connectivity index (χ3v) is 5.85. The number of H-pyrrole nitrogens is 1. The van der Waals surface area contributed by atoms with Gasteiger partial charge in [0.05, 0.1) is 12.1 Å². The van der Waals surface area contributed by atoms with E-state index in [0.717, 1.165) is 16.1 Å². The van der Waals surface area contributed by atoms with E-state index in [1.54, 1.807) is 87.6 Å². The maximum absolute atomic E-state index is 13.3. The van der Waals surface area contributed by atoms with Gasteiger partial charge in [-0.3, -0.25) is 9.59 Å². The van der Waals surface area contributed by atoms with Crippen molar-refractivity contribution >= 4 is 45.7 Å². The molecule has 0 unspecified atom stereocenters. The predicted molar refractivity (Wildman–Crippen MR) is 147 cm³/mol. The summed E-state index contributed by atoms with van der Waals surface area (Å²) in [7, 11) is -2.93. The van der Waals surface area contributed by atoms with Crippen molar-refractivity contribution in [3.8, 4) is 0 Å². The molecule has 4 rings (SSSR count). The van der Waals surface area contributed by atoms with Crippen LogP contribution < -0.4 is 0 Å². The van der Waals surface area contributed by atoms with Crippen LogP contribution in [-0.2, 0) is 20.0 Å². The van der Waals surface area contributed by atoms with Crippen LogP contribution in [0.4, 0.5) is 0 Å². The minimum Gasteiger partial charge on any atom is -0.459 e. The molecule has 11 heteroatoms. The molecule has 2 heterocycles. The standard InChI is InChI=1S/C28H27N5O5S/c1-28(2,3)38-27(35)22(20-8-5-4-6-9-20)18-33(32-39(36)37)26(34)21-14-11-19(12-15-21)13-16-24-30-23-10-7-17-29-25(23)31-24/h4-17,22H,18H2,1-3H3,(H,29,30,31)/t22-/m1/s1. The number of nitrogens with one attached hydrogen (secondary N) is 1. The summed E-state index contributed by atoms with van der Waals surface area (Å²) in [5.41, 5.74) is 2.20. The smallest absolute Gasteiger partial charge is 0.333 e. The molecular formula is C28H27N5O5S. The Hall–Kier alpha value is -4.64. The fraction of sp³-hybridized carbons (Fsp3) is 0.214. The number of nitrogens with zero attached hydrogens (tertiary/aromatic N) is 4. The summed E-state index contributed by atoms with van der Waals surface area (Å²) in [6, 6.07) is 18.9. The normalized spacial score (nSPS) is 12.3. The first-order valence-electron chi connectivity index (χ1n) is 12.1. The topological polar surface area (TPSA) is 135 Å². The number of pyridine rings is 1. The molecule has 0 saturated heterocycles. The first-order chi connectivity index (χ1) is 18.6. The maximum atomic E-state index is 13.3. The van der Waals surface area contributed by atoms with E-state index in [1.165, 1.54) is 0 Å². The third-order valence-electron chi connectivity index (χ3n) is 5.52. The Morgan fingerprint density at radius 3 is 2.38 bits per heavy atom. The third kappa shape index (κ3) is 7.45. The summed E-state index contributed by atoms with van der Waals surface area (Å²) in [5, 5.41) is 0.775. The van der Waals surface area contributed by atoms with Crippen LogP contribution in [0.5, 0.6) is 0 Å². The summed E-state index contributed by atoms with van der Waals surface area (Å²) < 4.78 is 32.0. The van der Waals surface area contributed by atoms with Gasteiger partial charge in [-0.2, -0.15) is 8.42 Å². The number of ether oxygens (including phenoxy) is 1. The van der Waals surface area contributed by atoms with Crippen molar-refractivity contribution in [2.75, 3.05) is 6.54 Å². The molecule has 1 amide bonds. The van der Waals surface area contributed by atoms with Crippen LogP contribution in [-0.4, -0.2) is 52.4 Å². The number of amides is 1. The van der Waals surface area contributed by atoms with E-state index in [-0.39, 0.29) is 12.1 Å². The van der Waals surface area contributed by atoms with E-state index in [0.29, 0.717) is 17.0 Å². The Morgan fingerprint density at radius 2 is 1.74 bits per heavy atom. The second kappa shape index (κ2) is 11.8. The number of hydrogen-bond donors (Lipinski definition) is 1. The van der Waals surface area contributed by atoms with Gasteiger partial charge < -0.3 is 9.72 Å². The fourth-order valence-corrected chi connectivity index (χ4v) is 4.09. The molecule has 10 nitrogen and oxygen atoms in total. The van der Waals surface area contributed by atoms with Crippen LogP contribution in [0.25, 0.3) is 23.3 Å². The monoisotopic (exact) mass is 545 g/mol. The van der Waals surface area contributed by atoms with Crippen molar-refractivity contribution in [2.24, 2.45) is 4.47 Å². The molecule has 0 spiro atoms. The van der Waals surface area contributed by atoms with Gasteiger partial charge in [-0.1, -0.05) is 48.5 Å². The average Bonchev–Trinajstić information content (AvgIpc) is 3.32. The lowest BCUT2D eigenvalue weighted by Crippen LogP contribution is -2.36. The Bertz CT molecular complexity index is 1600. The van der Waals surface area contributed by atoms with Gasteiger partial charge in [0.25, 0.3) is 5.91 Å². The number of rotatable bonds is 8. The van der Waals surface area contributed by atoms with Crippen molar-refractivity contribution in [1.29, 1.82) is 0 Å². The molecule has 0 radical (unpaired) electrons. The quantitative estimate of drug-likeness (QED) is 0.251. The summed E-state index contributed by atoms with van der Waals surface area (Å²) in [6.07, 6.45) is 5.26. The molecule has 39 heavy (non-hydrogen) atoms. The SMILES string of the molecule is CC(C)(C)OC(=O)[C@H](CN(N=S(=O)=O)C(=O)c1ccc(C=Cc2nc3ncccc3[nH]2)cc1)c1ccccc1. The van der Waals surface area contributed by atoms with Crippen molar-refractivity contribution in [3.05, 3.63) is 95.4 Å². The van der Waals surface area contributed by atoms with Crippen LogP contribution in [0.2, 0.25) is 0 Å². The van der Waals surface area contributed by atoms with Crippen molar-refractivity contribution in [2.45, 2.75) is 32.3 Å². The Morgan fingerprint density at radius 1 is 1.03 bits per heavy atom. The number of imidazole rings is 1. The van der Waals surface area contributed by atoms with Crippen LogP contribution in [0.15, 0.2) is 77.4 Å². The lowest BCUT2D eigenvalue weighted by molar-refractivity contribution is -0.157. The molecule has 0 fully saturated rings. The van der Waals surface area contributed by atoms with E-state index in [1.807, 2.05) is 18.2 Å². The van der Waals surface area contributed by atoms with E-state index >= 15 is 0 Å². The lowest BCUT2D eigenvalue weighted by Gasteiger charge is -2.26. The van der Waals surface area contributed by atoms with Gasteiger partial charge in [0.1, 0.15) is 17.3 Å². The molecule has 2 aromatic heterocycles. The first-order valence-corrected chi connectivity index (χ1v) is 13.1. The molecule has 1 atom stereocenters. The molecule has 1 N–H and O–H groups in total. The van der Waals surface area contributed by atoms with Gasteiger partial charge in [0.15, 0.2) is 5.65 Å². The highest BCUT2D eigenvalue weighted by Crippen LogP contribution is 2.23. The van der Waals surface area contributed by atoms with Gasteiger partial charge in [0, 0.05) is 11.8 Å². The number of carbonyl (C=O) groups is 2. The van der Waals surface area contributed by atoms with E-state index < -0.39 is 33.9 Å². The number of fused-ring (bicyclic) bond motifs is 1. The zero-order valence-electron chi connectivity index (χ0n) is 21.6. The molecule has 2 aromatic carbocycles. The zero-order chi connectivity index (χ0) is 28.0. The molecule has 0 aliphatic heterocycles. The first kappa shape index (κ1) is 27.4. The highest BCUT2D eigenvalue weighted by molar-refractivity contribution is 7.61. The van der Waals surface area contributed by atoms with Crippen molar-refractivity contribution in [3.63, 3.8) is 0 Å². The fourth-order valence-electron chi connectivity index (χ4n) is 3.78. The molecular weight excluding hydrogens is 518 g/mol. The molecule has 0 saturated carbocycles. The van der Waals surface area contributed by atoms with Gasteiger partial charge in [-0.15, -0.1) is 0 Å². The van der Waals surface area contributed by atoms with Gasteiger partial charge in [0.2, 0.25) is 0 Å². The molecule has 0 aliphatic rings. The van der Waals surface area contributed by atoms with Crippen molar-refractivity contribution < 1.29 is 22.7 Å². The van der Waals surface area contributed by atoms with E-state index in [9.17, 15) is 18.0 Å². The second-order valence-corrected chi connectivity index (χ2v) is 10.2. The van der Waals surface area contributed by atoms with Crippen LogP contribution in [0, 0.1) is 0 Å². The summed E-state index contributed by atoms with van der Waals surface area (Å²) in [4.78, 5) is 38.1. The number of hydrogen-bond acceptors (Lipinski definition) is 8. The van der Waals surface area contributed by atoms with Crippen LogP contribution in [0.1, 0.15) is 54.0 Å². The zero-order valence-corrected chi connectivity index (χ0v) is 22.4. The van der Waals surface area contributed by atoms with Crippen LogP contribution >= 0.6 is 0 Å². The minimum absolute atomic E-state index is 0.199. The molecule has 0 aliphatic carbocycles. The minimum atomic E-state index is -2.93. The molecule has 200 valence electrons. The summed E-state index contributed by atoms with van der Waals surface area (Å²) in [5.74, 6) is -1.61. The number of aromatic nitrogens is 3. The number of esters is 1. The van der Waals surface area contributed by atoms with E-state index in [2.05, 4.69) is 19.4 Å². The Kier molecular flexibility index (Phi) is 8.30. The average molecular weight is 546 g/mol. The summed E-state index contributed by atoms with van der Waals surface area (Å²) in [6.45, 7) is 4.86. The highest BCUT2D eigenvalue weighted by Gasteiger charge is 2.31. The molecule has 0 bridgehead atoms. The second-order valence-electron chi connectivity index (χ2n) is 9.63. The van der Waals surface area contributed by atoms with Gasteiger partial charge in [-0.25, -0.2) is 15.0 Å². The Labute approximate surface area is 227 Å². The van der Waals surface area contributed by atoms with E-state index in [4.69, 9.17) is 4.74 Å². The Balaban J connectivity index is 1.56. The lowest BCUT2D eigenvalue weighted by atomic mass is 9.98. The summed E-state index contributed by atoms with van der Waals surface area (Å²) >= 11 is 0. The number of carbonyl (C=O) groups excluding carboxylic acids is 2. The molecule has 4 aromatic rings. The van der Waals surface area contributed by atoms with Gasteiger partial charge >= 0.3 is 16.5 Å². The number of benzene rings is 2.